The first-order valence-corrected chi connectivity index (χ1v) is 10.9. The van der Waals surface area contributed by atoms with Crippen LogP contribution in [0.4, 0.5) is 5.69 Å². The van der Waals surface area contributed by atoms with Gasteiger partial charge in [0.1, 0.15) is 6.04 Å². The Kier molecular flexibility index (Phi) is 5.76. The maximum atomic E-state index is 12.7. The number of ketones is 1. The quantitative estimate of drug-likeness (QED) is 0.827. The summed E-state index contributed by atoms with van der Waals surface area (Å²) in [6.07, 6.45) is 5.60. The molecule has 0 aromatic heterocycles. The topological polar surface area (TPSA) is 84.9 Å². The van der Waals surface area contributed by atoms with E-state index in [1.54, 1.807) is 18.2 Å². The minimum absolute atomic E-state index is 0.0448. The SMILES string of the molecule is CC1=CN(C)C(c2cccc(NS(C)(=O)=O)c2OC2CCCCO2)C(=O)C1. The molecule has 0 radical (unpaired) electrons. The van der Waals surface area contributed by atoms with E-state index in [1.165, 1.54) is 0 Å². The Bertz CT molecular complexity index is 844. The fraction of sp³-hybridized carbons (Fsp3) is 0.526. The molecule has 7 nitrogen and oxygen atoms in total. The van der Waals surface area contributed by atoms with Crippen molar-refractivity contribution >= 4 is 21.5 Å². The second-order valence-electron chi connectivity index (χ2n) is 7.20. The average molecular weight is 394 g/mol. The number of nitrogens with zero attached hydrogens (tertiary/aromatic N) is 1. The van der Waals surface area contributed by atoms with Crippen molar-refractivity contribution in [2.45, 2.75) is 44.9 Å². The molecule has 148 valence electrons. The Balaban J connectivity index is 2.04. The molecular formula is C19H26N2O5S. The average Bonchev–Trinajstić information content (AvgIpc) is 2.56. The lowest BCUT2D eigenvalue weighted by Crippen LogP contribution is -2.32. The summed E-state index contributed by atoms with van der Waals surface area (Å²) in [5.74, 6) is 0.399. The second kappa shape index (κ2) is 7.90. The summed E-state index contributed by atoms with van der Waals surface area (Å²) in [5.41, 5.74) is 1.94. The molecule has 0 bridgehead atoms. The number of nitrogens with one attached hydrogen (secondary N) is 1. The molecule has 27 heavy (non-hydrogen) atoms. The zero-order chi connectivity index (χ0) is 19.6. The van der Waals surface area contributed by atoms with Gasteiger partial charge in [-0.2, -0.15) is 0 Å². The van der Waals surface area contributed by atoms with Crippen molar-refractivity contribution in [3.63, 3.8) is 0 Å². The van der Waals surface area contributed by atoms with Crippen LogP contribution in [0.25, 0.3) is 0 Å². The smallest absolute Gasteiger partial charge is 0.229 e. The number of hydrogen-bond donors (Lipinski definition) is 1. The molecule has 1 N–H and O–H groups in total. The molecule has 2 atom stereocenters. The van der Waals surface area contributed by atoms with E-state index in [9.17, 15) is 13.2 Å². The largest absolute Gasteiger partial charge is 0.462 e. The van der Waals surface area contributed by atoms with Crippen molar-refractivity contribution in [2.75, 3.05) is 24.6 Å². The normalized spacial score (nSPS) is 23.7. The van der Waals surface area contributed by atoms with Crippen LogP contribution in [-0.2, 0) is 19.6 Å². The van der Waals surface area contributed by atoms with Gasteiger partial charge in [0, 0.05) is 25.5 Å². The first-order chi connectivity index (χ1) is 12.7. The van der Waals surface area contributed by atoms with Gasteiger partial charge in [0.15, 0.2) is 17.8 Å². The van der Waals surface area contributed by atoms with E-state index in [0.717, 1.165) is 31.1 Å². The van der Waals surface area contributed by atoms with E-state index >= 15 is 0 Å². The van der Waals surface area contributed by atoms with E-state index in [4.69, 9.17) is 9.47 Å². The lowest BCUT2D eigenvalue weighted by Gasteiger charge is -2.33. The summed E-state index contributed by atoms with van der Waals surface area (Å²) in [6.45, 7) is 2.52. The number of ether oxygens (including phenoxy) is 2. The third-order valence-corrected chi connectivity index (χ3v) is 5.20. The Labute approximate surface area is 160 Å². The Morgan fingerprint density at radius 1 is 1.30 bits per heavy atom. The second-order valence-corrected chi connectivity index (χ2v) is 8.95. The van der Waals surface area contributed by atoms with Crippen molar-refractivity contribution in [2.24, 2.45) is 0 Å². The maximum Gasteiger partial charge on any atom is 0.229 e. The molecule has 1 saturated heterocycles. The molecule has 2 aliphatic heterocycles. The van der Waals surface area contributed by atoms with Gasteiger partial charge in [-0.15, -0.1) is 0 Å². The Morgan fingerprint density at radius 2 is 2.07 bits per heavy atom. The lowest BCUT2D eigenvalue weighted by atomic mass is 9.93. The van der Waals surface area contributed by atoms with Crippen LogP contribution in [0.1, 0.15) is 44.2 Å². The molecule has 2 aliphatic rings. The summed E-state index contributed by atoms with van der Waals surface area (Å²) in [6, 6.07) is 4.63. The molecule has 1 aromatic carbocycles. The van der Waals surface area contributed by atoms with Gasteiger partial charge >= 0.3 is 0 Å². The number of carbonyl (C=O) groups excluding carboxylic acids is 1. The first-order valence-electron chi connectivity index (χ1n) is 9.05. The molecule has 1 fully saturated rings. The fourth-order valence-electron chi connectivity index (χ4n) is 3.58. The van der Waals surface area contributed by atoms with Gasteiger partial charge < -0.3 is 14.4 Å². The number of carbonyl (C=O) groups is 1. The van der Waals surface area contributed by atoms with Crippen LogP contribution in [-0.4, -0.2) is 45.3 Å². The van der Waals surface area contributed by atoms with E-state index in [-0.39, 0.29) is 5.78 Å². The zero-order valence-electron chi connectivity index (χ0n) is 15.9. The summed E-state index contributed by atoms with van der Waals surface area (Å²) in [4.78, 5) is 14.6. The van der Waals surface area contributed by atoms with Crippen LogP contribution >= 0.6 is 0 Å². The van der Waals surface area contributed by atoms with Crippen molar-refractivity contribution in [1.29, 1.82) is 0 Å². The molecule has 3 rings (SSSR count). The minimum atomic E-state index is -3.51. The molecular weight excluding hydrogens is 368 g/mol. The lowest BCUT2D eigenvalue weighted by molar-refractivity contribution is -0.124. The summed E-state index contributed by atoms with van der Waals surface area (Å²) >= 11 is 0. The fourth-order valence-corrected chi connectivity index (χ4v) is 4.14. The van der Waals surface area contributed by atoms with Gasteiger partial charge in [0.25, 0.3) is 0 Å². The minimum Gasteiger partial charge on any atom is -0.462 e. The first kappa shape index (κ1) is 19.7. The number of rotatable bonds is 5. The maximum absolute atomic E-state index is 12.7. The highest BCUT2D eigenvalue weighted by atomic mass is 32.2. The summed E-state index contributed by atoms with van der Waals surface area (Å²) in [5, 5.41) is 0. The summed E-state index contributed by atoms with van der Waals surface area (Å²) in [7, 11) is -1.67. The number of allylic oxidation sites excluding steroid dienone is 1. The monoisotopic (exact) mass is 394 g/mol. The number of sulfonamides is 1. The van der Waals surface area contributed by atoms with Crippen LogP contribution < -0.4 is 9.46 Å². The van der Waals surface area contributed by atoms with Crippen LogP contribution in [0.2, 0.25) is 0 Å². The number of likely N-dealkylation sites (N-methyl/N-ethyl adjacent to an activating group) is 1. The van der Waals surface area contributed by atoms with Gasteiger partial charge in [0.2, 0.25) is 10.0 Å². The number of para-hydroxylation sites is 1. The van der Waals surface area contributed by atoms with Crippen molar-refractivity contribution < 1.29 is 22.7 Å². The van der Waals surface area contributed by atoms with Crippen LogP contribution in [0, 0.1) is 0 Å². The van der Waals surface area contributed by atoms with Crippen LogP contribution in [0.5, 0.6) is 5.75 Å². The number of Topliss-reactive ketones (excluding diaryl/α,β-unsaturated/α-hetero) is 1. The van der Waals surface area contributed by atoms with E-state index in [2.05, 4.69) is 4.72 Å². The molecule has 8 heteroatoms. The van der Waals surface area contributed by atoms with Gasteiger partial charge in [-0.3, -0.25) is 9.52 Å². The van der Waals surface area contributed by atoms with Crippen molar-refractivity contribution in [1.82, 2.24) is 4.90 Å². The number of benzene rings is 1. The van der Waals surface area contributed by atoms with Gasteiger partial charge in [-0.05, 0) is 37.6 Å². The molecule has 1 aromatic rings. The van der Waals surface area contributed by atoms with Gasteiger partial charge in [0.05, 0.1) is 18.6 Å². The van der Waals surface area contributed by atoms with Crippen molar-refractivity contribution in [3.05, 3.63) is 35.5 Å². The molecule has 2 heterocycles. The molecule has 0 aliphatic carbocycles. The molecule has 0 amide bonds. The predicted octanol–water partition coefficient (Wildman–Crippen LogP) is 2.81. The highest BCUT2D eigenvalue weighted by molar-refractivity contribution is 7.92. The van der Waals surface area contributed by atoms with Gasteiger partial charge in [-0.25, -0.2) is 8.42 Å². The van der Waals surface area contributed by atoms with Crippen LogP contribution in [0.15, 0.2) is 30.0 Å². The zero-order valence-corrected chi connectivity index (χ0v) is 16.7. The molecule has 0 saturated carbocycles. The number of hydrogen-bond acceptors (Lipinski definition) is 6. The van der Waals surface area contributed by atoms with E-state index < -0.39 is 22.4 Å². The number of anilines is 1. The summed E-state index contributed by atoms with van der Waals surface area (Å²) < 4.78 is 37.9. The third-order valence-electron chi connectivity index (χ3n) is 4.61. The predicted molar refractivity (Wildman–Crippen MR) is 103 cm³/mol. The highest BCUT2D eigenvalue weighted by Crippen LogP contribution is 2.40. The molecule has 2 unspecified atom stereocenters. The Morgan fingerprint density at radius 3 is 2.70 bits per heavy atom. The highest BCUT2D eigenvalue weighted by Gasteiger charge is 2.32. The van der Waals surface area contributed by atoms with E-state index in [0.29, 0.717) is 30.0 Å². The van der Waals surface area contributed by atoms with E-state index in [1.807, 2.05) is 25.1 Å². The van der Waals surface area contributed by atoms with Crippen molar-refractivity contribution in [3.8, 4) is 5.75 Å². The van der Waals surface area contributed by atoms with Gasteiger partial charge in [-0.1, -0.05) is 12.1 Å². The third kappa shape index (κ3) is 4.81. The standard InChI is InChI=1S/C19H26N2O5S/c1-13-11-16(22)18(21(2)12-13)14-7-6-8-15(20-27(3,23)24)19(14)26-17-9-4-5-10-25-17/h6-8,12,17-18,20H,4-5,9-11H2,1-3H3. The Hall–Kier alpha value is -2.06. The van der Waals surface area contributed by atoms with Crippen LogP contribution in [0.3, 0.4) is 0 Å². The molecule has 0 spiro atoms.